The van der Waals surface area contributed by atoms with Crippen molar-refractivity contribution in [3.63, 3.8) is 0 Å². The molecule has 1 amide bonds. The number of thioether (sulfide) groups is 1. The van der Waals surface area contributed by atoms with E-state index >= 15 is 0 Å². The number of rotatable bonds is 6. The van der Waals surface area contributed by atoms with Crippen molar-refractivity contribution in [3.8, 4) is 11.6 Å². The van der Waals surface area contributed by atoms with Gasteiger partial charge in [-0.3, -0.25) is 18.9 Å². The molecular formula is C29H25N3O3S2. The molecular weight excluding hydrogens is 502 g/mol. The van der Waals surface area contributed by atoms with Crippen LogP contribution in [0.25, 0.3) is 11.7 Å². The van der Waals surface area contributed by atoms with Crippen molar-refractivity contribution in [2.24, 2.45) is 0 Å². The van der Waals surface area contributed by atoms with Crippen LogP contribution >= 0.6 is 24.0 Å². The minimum absolute atomic E-state index is 0.150. The molecule has 0 aliphatic carbocycles. The van der Waals surface area contributed by atoms with Crippen molar-refractivity contribution in [3.05, 3.63) is 110 Å². The summed E-state index contributed by atoms with van der Waals surface area (Å²) in [5.74, 6) is 0.737. The second-order valence-electron chi connectivity index (χ2n) is 9.12. The fourth-order valence-corrected chi connectivity index (χ4v) is 5.37. The van der Waals surface area contributed by atoms with Crippen molar-refractivity contribution in [1.29, 1.82) is 0 Å². The van der Waals surface area contributed by atoms with Crippen LogP contribution in [0.4, 0.5) is 0 Å². The van der Waals surface area contributed by atoms with Crippen molar-refractivity contribution >= 4 is 45.9 Å². The standard InChI is InChI=1S/C29H25N3O3S2/c1-18(2)21-13-12-19(3)15-23(21)35-26-22(27(33)31-14-8-7-11-25(31)30-26)16-24-28(34)32(29(36)37-24)17-20-9-5-4-6-10-20/h4-16,18H,17H2,1-3H3/b24-16+. The molecule has 0 bridgehead atoms. The SMILES string of the molecule is Cc1ccc(C(C)C)c(Oc2nc3ccccn3c(=O)c2/C=C2/SC(=S)N(Cc3ccccc3)C2=O)c1. The van der Waals surface area contributed by atoms with E-state index in [1.807, 2.05) is 61.5 Å². The Balaban J connectivity index is 1.60. The van der Waals surface area contributed by atoms with Gasteiger partial charge in [-0.05, 0) is 53.8 Å². The molecule has 0 atom stereocenters. The lowest BCUT2D eigenvalue weighted by Crippen LogP contribution is -2.27. The number of fused-ring (bicyclic) bond motifs is 1. The zero-order valence-electron chi connectivity index (χ0n) is 20.7. The molecule has 2 aromatic heterocycles. The van der Waals surface area contributed by atoms with Gasteiger partial charge in [0.1, 0.15) is 21.3 Å². The summed E-state index contributed by atoms with van der Waals surface area (Å²) >= 11 is 6.69. The monoisotopic (exact) mass is 527 g/mol. The Labute approximate surface area is 224 Å². The van der Waals surface area contributed by atoms with E-state index in [2.05, 4.69) is 18.8 Å². The van der Waals surface area contributed by atoms with E-state index in [1.54, 1.807) is 29.3 Å². The summed E-state index contributed by atoms with van der Waals surface area (Å²) < 4.78 is 8.22. The maximum Gasteiger partial charge on any atom is 0.269 e. The van der Waals surface area contributed by atoms with Gasteiger partial charge in [0.05, 0.1) is 11.4 Å². The first kappa shape index (κ1) is 24.9. The maximum atomic E-state index is 13.6. The molecule has 5 rings (SSSR count). The summed E-state index contributed by atoms with van der Waals surface area (Å²) in [5, 5.41) is 0. The molecule has 0 spiro atoms. The van der Waals surface area contributed by atoms with Gasteiger partial charge in [0.2, 0.25) is 5.88 Å². The van der Waals surface area contributed by atoms with Crippen LogP contribution in [0, 0.1) is 6.92 Å². The molecule has 0 unspecified atom stereocenters. The summed E-state index contributed by atoms with van der Waals surface area (Å²) in [4.78, 5) is 33.5. The number of aromatic nitrogens is 2. The first-order chi connectivity index (χ1) is 17.8. The molecule has 0 saturated carbocycles. The summed E-state index contributed by atoms with van der Waals surface area (Å²) in [5.41, 5.74) is 3.32. The number of pyridine rings is 1. The summed E-state index contributed by atoms with van der Waals surface area (Å²) in [6.45, 7) is 6.51. The predicted molar refractivity (Wildman–Crippen MR) is 152 cm³/mol. The highest BCUT2D eigenvalue weighted by Gasteiger charge is 2.33. The largest absolute Gasteiger partial charge is 0.438 e. The molecule has 8 heteroatoms. The van der Waals surface area contributed by atoms with Gasteiger partial charge < -0.3 is 4.74 Å². The number of aryl methyl sites for hydroxylation is 1. The van der Waals surface area contributed by atoms with Gasteiger partial charge in [0.15, 0.2) is 0 Å². The molecule has 1 fully saturated rings. The normalized spacial score (nSPS) is 14.8. The molecule has 4 aromatic rings. The molecule has 3 heterocycles. The topological polar surface area (TPSA) is 63.9 Å². The number of hydrogen-bond donors (Lipinski definition) is 0. The summed E-state index contributed by atoms with van der Waals surface area (Å²) in [6.07, 6.45) is 3.21. The highest BCUT2D eigenvalue weighted by atomic mass is 32.2. The Morgan fingerprint density at radius 2 is 1.81 bits per heavy atom. The van der Waals surface area contributed by atoms with E-state index in [0.29, 0.717) is 27.2 Å². The van der Waals surface area contributed by atoms with Gasteiger partial charge in [0.25, 0.3) is 11.5 Å². The quantitative estimate of drug-likeness (QED) is 0.216. The number of hydrogen-bond acceptors (Lipinski definition) is 6. The first-order valence-electron chi connectivity index (χ1n) is 11.9. The number of benzene rings is 2. The van der Waals surface area contributed by atoms with Gasteiger partial charge in [-0.2, -0.15) is 4.98 Å². The van der Waals surface area contributed by atoms with E-state index in [4.69, 9.17) is 17.0 Å². The van der Waals surface area contributed by atoms with Crippen LogP contribution < -0.4 is 10.3 Å². The number of carbonyl (C=O) groups is 1. The van der Waals surface area contributed by atoms with E-state index in [0.717, 1.165) is 16.7 Å². The van der Waals surface area contributed by atoms with Crippen LogP contribution in [0.15, 0.2) is 82.6 Å². The number of thiocarbonyl (C=S) groups is 1. The smallest absolute Gasteiger partial charge is 0.269 e. The van der Waals surface area contributed by atoms with Crippen LogP contribution in [0.3, 0.4) is 0 Å². The zero-order chi connectivity index (χ0) is 26.1. The third kappa shape index (κ3) is 5.08. The Kier molecular flexibility index (Phi) is 6.95. The Morgan fingerprint density at radius 1 is 1.05 bits per heavy atom. The fourth-order valence-electron chi connectivity index (χ4n) is 4.13. The van der Waals surface area contributed by atoms with Gasteiger partial charge in [-0.25, -0.2) is 0 Å². The third-order valence-corrected chi connectivity index (χ3v) is 7.44. The van der Waals surface area contributed by atoms with Crippen LogP contribution in [0.5, 0.6) is 11.6 Å². The van der Waals surface area contributed by atoms with Crippen molar-refractivity contribution < 1.29 is 9.53 Å². The Hall–Kier alpha value is -3.75. The second-order valence-corrected chi connectivity index (χ2v) is 10.8. The molecule has 1 saturated heterocycles. The minimum atomic E-state index is -0.326. The van der Waals surface area contributed by atoms with Crippen LogP contribution in [-0.2, 0) is 11.3 Å². The predicted octanol–water partition coefficient (Wildman–Crippen LogP) is 6.32. The highest BCUT2D eigenvalue weighted by molar-refractivity contribution is 8.26. The first-order valence-corrected chi connectivity index (χ1v) is 13.1. The number of carbonyl (C=O) groups excluding carboxylic acids is 1. The molecule has 186 valence electrons. The average molecular weight is 528 g/mol. The van der Waals surface area contributed by atoms with E-state index in [1.165, 1.54) is 16.2 Å². The van der Waals surface area contributed by atoms with E-state index < -0.39 is 0 Å². The van der Waals surface area contributed by atoms with Crippen molar-refractivity contribution in [2.75, 3.05) is 0 Å². The molecule has 6 nitrogen and oxygen atoms in total. The lowest BCUT2D eigenvalue weighted by molar-refractivity contribution is -0.122. The number of nitrogens with zero attached hydrogens (tertiary/aromatic N) is 3. The zero-order valence-corrected chi connectivity index (χ0v) is 22.3. The lowest BCUT2D eigenvalue weighted by Gasteiger charge is -2.16. The van der Waals surface area contributed by atoms with Gasteiger partial charge in [-0.15, -0.1) is 0 Å². The Morgan fingerprint density at radius 3 is 2.57 bits per heavy atom. The highest BCUT2D eigenvalue weighted by Crippen LogP contribution is 2.36. The van der Waals surface area contributed by atoms with E-state index in [-0.39, 0.29) is 28.8 Å². The average Bonchev–Trinajstić information content (AvgIpc) is 3.14. The Bertz CT molecular complexity index is 1610. The molecule has 1 aliphatic rings. The van der Waals surface area contributed by atoms with Gasteiger partial charge in [0, 0.05) is 6.20 Å². The number of ether oxygens (including phenoxy) is 1. The van der Waals surface area contributed by atoms with Crippen molar-refractivity contribution in [1.82, 2.24) is 14.3 Å². The molecule has 37 heavy (non-hydrogen) atoms. The minimum Gasteiger partial charge on any atom is -0.438 e. The van der Waals surface area contributed by atoms with Crippen LogP contribution in [0.2, 0.25) is 0 Å². The molecule has 0 radical (unpaired) electrons. The van der Waals surface area contributed by atoms with Crippen LogP contribution in [0.1, 0.15) is 42.0 Å². The van der Waals surface area contributed by atoms with E-state index in [9.17, 15) is 9.59 Å². The third-order valence-electron chi connectivity index (χ3n) is 6.06. The second kappa shape index (κ2) is 10.3. The lowest BCUT2D eigenvalue weighted by atomic mass is 10.0. The molecule has 1 aliphatic heterocycles. The maximum absolute atomic E-state index is 13.6. The number of amides is 1. The summed E-state index contributed by atoms with van der Waals surface area (Å²) in [7, 11) is 0. The van der Waals surface area contributed by atoms with Crippen molar-refractivity contribution in [2.45, 2.75) is 33.2 Å². The van der Waals surface area contributed by atoms with Crippen LogP contribution in [-0.4, -0.2) is 24.5 Å². The van der Waals surface area contributed by atoms with Gasteiger partial charge in [-0.1, -0.05) is 86.4 Å². The summed E-state index contributed by atoms with van der Waals surface area (Å²) in [6, 6.07) is 21.0. The van der Waals surface area contributed by atoms with Gasteiger partial charge >= 0.3 is 0 Å². The molecule has 0 N–H and O–H groups in total. The fraction of sp³-hybridized carbons (Fsp3) is 0.172. The molecule has 2 aromatic carbocycles.